The van der Waals surface area contributed by atoms with Crippen molar-refractivity contribution in [3.63, 3.8) is 0 Å². The summed E-state index contributed by atoms with van der Waals surface area (Å²) in [5.74, 6) is -0.358. The number of aryl methyl sites for hydroxylation is 2. The summed E-state index contributed by atoms with van der Waals surface area (Å²) in [5, 5.41) is 7.36. The summed E-state index contributed by atoms with van der Waals surface area (Å²) in [4.78, 5) is 26.3. The van der Waals surface area contributed by atoms with Crippen molar-refractivity contribution in [2.24, 2.45) is 7.05 Å². The first kappa shape index (κ1) is 18.6. The monoisotopic (exact) mass is 401 g/mol. The average Bonchev–Trinajstić information content (AvgIpc) is 3.21. The van der Waals surface area contributed by atoms with Crippen LogP contribution in [0.25, 0.3) is 10.9 Å². The standard InChI is InChI=1S/C21H23N3O3S.2H2/c1-3-27-20(25)18-15-6-4-5-7-17(15)28-19(18)23-21(26)22-14-8-9-16-13(12-14)10-11-24(16)2;;/h8-12H,3-7H2,1-2H3,(H2,22,23,26);2*1H. The number of nitrogens with zero attached hydrogens (tertiary/aromatic N) is 1. The zero-order valence-corrected chi connectivity index (χ0v) is 16.8. The predicted molar refractivity (Wildman–Crippen MR) is 117 cm³/mol. The number of urea groups is 1. The molecule has 0 fully saturated rings. The number of benzene rings is 1. The second-order valence-corrected chi connectivity index (χ2v) is 8.02. The van der Waals surface area contributed by atoms with Crippen LogP contribution in [0.15, 0.2) is 30.5 Å². The number of nitrogens with one attached hydrogen (secondary N) is 2. The van der Waals surface area contributed by atoms with E-state index in [0.717, 1.165) is 42.1 Å². The van der Waals surface area contributed by atoms with Crippen molar-refractivity contribution in [1.29, 1.82) is 0 Å². The minimum atomic E-state index is -0.362. The lowest BCUT2D eigenvalue weighted by Crippen LogP contribution is -2.20. The van der Waals surface area contributed by atoms with Crippen LogP contribution in [0.2, 0.25) is 0 Å². The van der Waals surface area contributed by atoms with E-state index < -0.39 is 0 Å². The van der Waals surface area contributed by atoms with Gasteiger partial charge in [-0.05, 0) is 62.4 Å². The van der Waals surface area contributed by atoms with Crippen LogP contribution in [-0.2, 0) is 24.6 Å². The molecule has 6 nitrogen and oxygen atoms in total. The Kier molecular flexibility index (Phi) is 5.09. The van der Waals surface area contributed by atoms with Crippen molar-refractivity contribution >= 4 is 44.9 Å². The molecular formula is C21H27N3O3S. The van der Waals surface area contributed by atoms with Crippen LogP contribution in [0.3, 0.4) is 0 Å². The van der Waals surface area contributed by atoms with Crippen LogP contribution in [0.5, 0.6) is 0 Å². The van der Waals surface area contributed by atoms with Crippen LogP contribution in [0, 0.1) is 0 Å². The summed E-state index contributed by atoms with van der Waals surface area (Å²) < 4.78 is 7.27. The van der Waals surface area contributed by atoms with E-state index in [1.165, 1.54) is 16.2 Å². The maximum Gasteiger partial charge on any atom is 0.341 e. The van der Waals surface area contributed by atoms with Crippen molar-refractivity contribution in [3.8, 4) is 0 Å². The van der Waals surface area contributed by atoms with Gasteiger partial charge in [-0.2, -0.15) is 0 Å². The normalized spacial score (nSPS) is 13.2. The number of aromatic nitrogens is 1. The Labute approximate surface area is 170 Å². The Morgan fingerprint density at radius 2 is 2.04 bits per heavy atom. The molecule has 0 unspecified atom stereocenters. The summed E-state index contributed by atoms with van der Waals surface area (Å²) in [5.41, 5.74) is 3.36. The fourth-order valence-corrected chi connectivity index (χ4v) is 4.97. The molecule has 1 aliphatic rings. The van der Waals surface area contributed by atoms with Gasteiger partial charge >= 0.3 is 12.0 Å². The Morgan fingerprint density at radius 3 is 2.86 bits per heavy atom. The minimum Gasteiger partial charge on any atom is -0.462 e. The van der Waals surface area contributed by atoms with Crippen molar-refractivity contribution in [2.75, 3.05) is 17.2 Å². The third-order valence-corrected chi connectivity index (χ3v) is 6.23. The molecule has 0 atom stereocenters. The third kappa shape index (κ3) is 3.49. The molecule has 3 aromatic rings. The first-order valence-corrected chi connectivity index (χ1v) is 10.3. The number of carbonyl (C=O) groups excluding carboxylic acids is 2. The highest BCUT2D eigenvalue weighted by Crippen LogP contribution is 2.38. The number of esters is 1. The first-order chi connectivity index (χ1) is 13.6. The Morgan fingerprint density at radius 1 is 1.21 bits per heavy atom. The summed E-state index contributed by atoms with van der Waals surface area (Å²) in [6.45, 7) is 2.10. The zero-order chi connectivity index (χ0) is 19.7. The lowest BCUT2D eigenvalue weighted by Gasteiger charge is -2.12. The lowest BCUT2D eigenvalue weighted by atomic mass is 9.95. The van der Waals surface area contributed by atoms with Crippen LogP contribution in [-0.4, -0.2) is 23.2 Å². The van der Waals surface area contributed by atoms with Crippen molar-refractivity contribution in [2.45, 2.75) is 32.6 Å². The molecule has 0 aliphatic heterocycles. The van der Waals surface area contributed by atoms with Gasteiger partial charge in [0.15, 0.2) is 0 Å². The van der Waals surface area contributed by atoms with Crippen LogP contribution < -0.4 is 10.6 Å². The van der Waals surface area contributed by atoms with E-state index in [-0.39, 0.29) is 14.9 Å². The maximum atomic E-state index is 12.6. The number of rotatable bonds is 4. The highest BCUT2D eigenvalue weighted by molar-refractivity contribution is 7.17. The smallest absolute Gasteiger partial charge is 0.341 e. The first-order valence-electron chi connectivity index (χ1n) is 9.51. The molecule has 0 radical (unpaired) electrons. The summed E-state index contributed by atoms with van der Waals surface area (Å²) in [7, 11) is 1.98. The molecule has 28 heavy (non-hydrogen) atoms. The van der Waals surface area contributed by atoms with E-state index in [2.05, 4.69) is 10.6 Å². The van der Waals surface area contributed by atoms with Crippen molar-refractivity contribution in [1.82, 2.24) is 4.57 Å². The van der Waals surface area contributed by atoms with E-state index in [9.17, 15) is 9.59 Å². The molecule has 0 bridgehead atoms. The van der Waals surface area contributed by atoms with Gasteiger partial charge in [-0.1, -0.05) is 0 Å². The van der Waals surface area contributed by atoms with Gasteiger partial charge in [-0.25, -0.2) is 9.59 Å². The van der Waals surface area contributed by atoms with E-state index in [4.69, 9.17) is 4.74 Å². The Bertz CT molecular complexity index is 1060. The second kappa shape index (κ2) is 7.67. The largest absolute Gasteiger partial charge is 0.462 e. The van der Waals surface area contributed by atoms with E-state index >= 15 is 0 Å². The fourth-order valence-electron chi connectivity index (χ4n) is 3.70. The molecule has 2 N–H and O–H groups in total. The lowest BCUT2D eigenvalue weighted by molar-refractivity contribution is 0.0526. The minimum absolute atomic E-state index is 0. The van der Waals surface area contributed by atoms with E-state index in [0.29, 0.717) is 22.9 Å². The van der Waals surface area contributed by atoms with Crippen molar-refractivity contribution in [3.05, 3.63) is 46.5 Å². The molecule has 1 aromatic carbocycles. The van der Waals surface area contributed by atoms with E-state index in [1.807, 2.05) is 42.1 Å². The summed E-state index contributed by atoms with van der Waals surface area (Å²) in [6.07, 6.45) is 5.95. The van der Waals surface area contributed by atoms with Gasteiger partial charge in [-0.3, -0.25) is 5.32 Å². The quantitative estimate of drug-likeness (QED) is 0.573. The van der Waals surface area contributed by atoms with E-state index in [1.54, 1.807) is 6.92 Å². The number of ether oxygens (including phenoxy) is 1. The second-order valence-electron chi connectivity index (χ2n) is 6.91. The van der Waals surface area contributed by atoms with Gasteiger partial charge in [0.05, 0.1) is 12.2 Å². The zero-order valence-electron chi connectivity index (χ0n) is 16.0. The van der Waals surface area contributed by atoms with Crippen LogP contribution in [0.4, 0.5) is 15.5 Å². The average molecular weight is 402 g/mol. The number of amides is 2. The molecule has 4 rings (SSSR count). The number of hydrogen-bond acceptors (Lipinski definition) is 4. The SMILES string of the molecule is CCOC(=O)c1c(NC(=O)Nc2ccc3c(ccn3C)c2)sc2c1CCCC2.[HH].[HH]. The molecule has 2 amide bonds. The molecule has 0 spiro atoms. The van der Waals surface area contributed by atoms with Gasteiger partial charge in [0.25, 0.3) is 0 Å². The van der Waals surface area contributed by atoms with Crippen molar-refractivity contribution < 1.29 is 17.2 Å². The fraction of sp³-hybridized carbons (Fsp3) is 0.333. The molecule has 7 heteroatoms. The maximum absolute atomic E-state index is 12.6. The van der Waals surface area contributed by atoms with Gasteiger partial charge in [0, 0.05) is 37.6 Å². The van der Waals surface area contributed by atoms with Gasteiger partial charge in [0.1, 0.15) is 5.00 Å². The number of carbonyl (C=O) groups is 2. The summed E-state index contributed by atoms with van der Waals surface area (Å²) >= 11 is 1.48. The number of anilines is 2. The molecular weight excluding hydrogens is 374 g/mol. The van der Waals surface area contributed by atoms with Gasteiger partial charge in [0.2, 0.25) is 0 Å². The highest BCUT2D eigenvalue weighted by Gasteiger charge is 2.27. The molecule has 2 heterocycles. The molecule has 0 saturated heterocycles. The Hall–Kier alpha value is -2.80. The topological polar surface area (TPSA) is 72.4 Å². The molecule has 0 saturated carbocycles. The van der Waals surface area contributed by atoms with Gasteiger partial charge in [-0.15, -0.1) is 11.3 Å². The number of thiophene rings is 1. The predicted octanol–water partition coefficient (Wildman–Crippen LogP) is 5.43. The summed E-state index contributed by atoms with van der Waals surface area (Å²) in [6, 6.07) is 7.41. The van der Waals surface area contributed by atoms with Gasteiger partial charge < -0.3 is 14.6 Å². The Balaban J connectivity index is 0.00000160. The number of hydrogen-bond donors (Lipinski definition) is 2. The van der Waals surface area contributed by atoms with Crippen LogP contribution >= 0.6 is 11.3 Å². The number of fused-ring (bicyclic) bond motifs is 2. The third-order valence-electron chi connectivity index (χ3n) is 5.02. The molecule has 2 aromatic heterocycles. The highest BCUT2D eigenvalue weighted by atomic mass is 32.1. The molecule has 1 aliphatic carbocycles. The van der Waals surface area contributed by atoms with Crippen LogP contribution in [0.1, 0.15) is 43.4 Å². The molecule has 150 valence electrons.